The van der Waals surface area contributed by atoms with Crippen LogP contribution in [0.2, 0.25) is 0 Å². The van der Waals surface area contributed by atoms with Crippen LogP contribution in [0, 0.1) is 13.8 Å². The van der Waals surface area contributed by atoms with Crippen LogP contribution < -0.4 is 4.87 Å². The maximum absolute atomic E-state index is 12.7. The monoisotopic (exact) mass is 387 g/mol. The standard InChI is InChI=1S/C15H21N3O3S3/c1-10-11(2)24-15(21)17(10)7-13(19)18-9-23-8-12(18)14(20)16-3-5-22-6-4-16/h12H,3-9H2,1-2H3. The summed E-state index contributed by atoms with van der Waals surface area (Å²) in [5.41, 5.74) is 0.834. The minimum absolute atomic E-state index is 0.0230. The average Bonchev–Trinajstić information content (AvgIpc) is 3.16. The summed E-state index contributed by atoms with van der Waals surface area (Å²) >= 11 is 4.62. The van der Waals surface area contributed by atoms with Gasteiger partial charge < -0.3 is 9.80 Å². The molecule has 1 aromatic heterocycles. The first kappa shape index (κ1) is 17.9. The molecule has 0 N–H and O–H groups in total. The lowest BCUT2D eigenvalue weighted by Gasteiger charge is -2.32. The van der Waals surface area contributed by atoms with Crippen molar-refractivity contribution < 1.29 is 9.59 Å². The van der Waals surface area contributed by atoms with Crippen LogP contribution in [-0.4, -0.2) is 68.4 Å². The highest BCUT2D eigenvalue weighted by Crippen LogP contribution is 2.24. The lowest BCUT2D eigenvalue weighted by molar-refractivity contribution is -0.143. The van der Waals surface area contributed by atoms with E-state index in [1.807, 2.05) is 30.5 Å². The van der Waals surface area contributed by atoms with Gasteiger partial charge in [-0.1, -0.05) is 11.3 Å². The third-order valence-corrected chi connectivity index (χ3v) is 7.43. The van der Waals surface area contributed by atoms with Crippen molar-refractivity contribution in [2.45, 2.75) is 26.4 Å². The van der Waals surface area contributed by atoms with Crippen LogP contribution in [0.4, 0.5) is 0 Å². The molecule has 2 aliphatic heterocycles. The van der Waals surface area contributed by atoms with Crippen LogP contribution in [0.3, 0.4) is 0 Å². The lowest BCUT2D eigenvalue weighted by atomic mass is 10.2. The molecule has 0 spiro atoms. The molecule has 24 heavy (non-hydrogen) atoms. The summed E-state index contributed by atoms with van der Waals surface area (Å²) in [7, 11) is 0. The smallest absolute Gasteiger partial charge is 0.308 e. The van der Waals surface area contributed by atoms with Gasteiger partial charge in [-0.25, -0.2) is 0 Å². The molecule has 9 heteroatoms. The molecular formula is C15H21N3O3S3. The molecule has 2 amide bonds. The van der Waals surface area contributed by atoms with Crippen LogP contribution in [-0.2, 0) is 16.1 Å². The fraction of sp³-hybridized carbons (Fsp3) is 0.667. The molecule has 1 atom stereocenters. The molecule has 0 radical (unpaired) electrons. The largest absolute Gasteiger partial charge is 0.339 e. The van der Waals surface area contributed by atoms with Gasteiger partial charge in [-0.05, 0) is 13.8 Å². The Morgan fingerprint density at radius 1 is 1.17 bits per heavy atom. The highest BCUT2D eigenvalue weighted by molar-refractivity contribution is 7.99. The number of hydrogen-bond donors (Lipinski definition) is 0. The molecule has 3 rings (SSSR count). The third-order valence-electron chi connectivity index (χ3n) is 4.48. The molecule has 132 valence electrons. The predicted octanol–water partition coefficient (Wildman–Crippen LogP) is 1.00. The first-order valence-electron chi connectivity index (χ1n) is 7.89. The molecule has 0 saturated carbocycles. The molecular weight excluding hydrogens is 366 g/mol. The number of carbonyl (C=O) groups excluding carboxylic acids is 2. The topological polar surface area (TPSA) is 62.6 Å². The molecule has 2 saturated heterocycles. The van der Waals surface area contributed by atoms with E-state index in [-0.39, 0.29) is 29.3 Å². The van der Waals surface area contributed by atoms with Gasteiger partial charge >= 0.3 is 4.87 Å². The Hall–Kier alpha value is -0.930. The minimum Gasteiger partial charge on any atom is -0.339 e. The second-order valence-electron chi connectivity index (χ2n) is 5.91. The second kappa shape index (κ2) is 7.53. The van der Waals surface area contributed by atoms with Gasteiger partial charge in [0.05, 0.1) is 5.88 Å². The number of thiazole rings is 1. The van der Waals surface area contributed by atoms with Crippen LogP contribution in [0.15, 0.2) is 4.79 Å². The van der Waals surface area contributed by atoms with E-state index in [4.69, 9.17) is 0 Å². The highest BCUT2D eigenvalue weighted by Gasteiger charge is 2.37. The number of amides is 2. The highest BCUT2D eigenvalue weighted by atomic mass is 32.2. The van der Waals surface area contributed by atoms with Crippen LogP contribution >= 0.6 is 34.9 Å². The van der Waals surface area contributed by atoms with E-state index in [1.54, 1.807) is 16.7 Å². The van der Waals surface area contributed by atoms with E-state index in [0.29, 0.717) is 11.6 Å². The summed E-state index contributed by atoms with van der Waals surface area (Å²) < 4.78 is 1.52. The van der Waals surface area contributed by atoms with E-state index in [2.05, 4.69) is 0 Å². The summed E-state index contributed by atoms with van der Waals surface area (Å²) in [5, 5.41) is 0. The maximum atomic E-state index is 12.7. The predicted molar refractivity (Wildman–Crippen MR) is 99.9 cm³/mol. The number of aryl methyl sites for hydroxylation is 1. The first-order valence-corrected chi connectivity index (χ1v) is 11.0. The van der Waals surface area contributed by atoms with E-state index >= 15 is 0 Å². The summed E-state index contributed by atoms with van der Waals surface area (Å²) in [5.74, 6) is 3.00. The van der Waals surface area contributed by atoms with Crippen molar-refractivity contribution >= 4 is 46.7 Å². The molecule has 6 nitrogen and oxygen atoms in total. The van der Waals surface area contributed by atoms with E-state index < -0.39 is 0 Å². The van der Waals surface area contributed by atoms with E-state index in [9.17, 15) is 14.4 Å². The van der Waals surface area contributed by atoms with Gasteiger partial charge in [0.1, 0.15) is 12.6 Å². The summed E-state index contributed by atoms with van der Waals surface area (Å²) in [6.45, 7) is 5.28. The number of aromatic nitrogens is 1. The average molecular weight is 388 g/mol. The number of thioether (sulfide) groups is 2. The summed E-state index contributed by atoms with van der Waals surface area (Å²) in [4.78, 5) is 41.8. The van der Waals surface area contributed by atoms with Crippen LogP contribution in [0.1, 0.15) is 10.6 Å². The van der Waals surface area contributed by atoms with Crippen LogP contribution in [0.25, 0.3) is 0 Å². The van der Waals surface area contributed by atoms with Crippen molar-refractivity contribution in [2.75, 3.05) is 36.2 Å². The van der Waals surface area contributed by atoms with E-state index in [1.165, 1.54) is 4.57 Å². The Morgan fingerprint density at radius 3 is 2.50 bits per heavy atom. The van der Waals surface area contributed by atoms with Crippen molar-refractivity contribution in [3.63, 3.8) is 0 Å². The molecule has 2 aliphatic rings. The number of hydrogen-bond acceptors (Lipinski definition) is 6. The fourth-order valence-corrected chi connectivity index (χ4v) is 5.79. The summed E-state index contributed by atoms with van der Waals surface area (Å²) in [6, 6.07) is -0.388. The second-order valence-corrected chi connectivity index (χ2v) is 9.30. The molecule has 1 aromatic rings. The van der Waals surface area contributed by atoms with Crippen molar-refractivity contribution in [1.82, 2.24) is 14.4 Å². The SMILES string of the molecule is Cc1sc(=O)n(CC(=O)N2CSCC2C(=O)N2CCSCC2)c1C. The van der Waals surface area contributed by atoms with Gasteiger partial charge in [-0.15, -0.1) is 11.8 Å². The number of carbonyl (C=O) groups is 2. The van der Waals surface area contributed by atoms with Gasteiger partial charge in [0, 0.05) is 40.9 Å². The zero-order valence-electron chi connectivity index (χ0n) is 13.8. The summed E-state index contributed by atoms with van der Waals surface area (Å²) in [6.07, 6.45) is 0. The van der Waals surface area contributed by atoms with Crippen molar-refractivity contribution in [3.8, 4) is 0 Å². The van der Waals surface area contributed by atoms with Gasteiger partial charge in [-0.2, -0.15) is 11.8 Å². The normalized spacial score (nSPS) is 21.3. The maximum Gasteiger partial charge on any atom is 0.308 e. The fourth-order valence-electron chi connectivity index (χ4n) is 2.88. The lowest BCUT2D eigenvalue weighted by Crippen LogP contribution is -2.51. The van der Waals surface area contributed by atoms with Crippen molar-refractivity contribution in [3.05, 3.63) is 20.2 Å². The van der Waals surface area contributed by atoms with Crippen molar-refractivity contribution in [1.29, 1.82) is 0 Å². The Bertz CT molecular complexity index is 694. The molecule has 0 aromatic carbocycles. The number of rotatable bonds is 3. The zero-order valence-corrected chi connectivity index (χ0v) is 16.3. The van der Waals surface area contributed by atoms with Gasteiger partial charge in [-0.3, -0.25) is 19.0 Å². The van der Waals surface area contributed by atoms with E-state index in [0.717, 1.165) is 46.5 Å². The Labute approximate surface area is 153 Å². The quantitative estimate of drug-likeness (QED) is 0.774. The molecule has 2 fully saturated rings. The van der Waals surface area contributed by atoms with Gasteiger partial charge in [0.2, 0.25) is 11.8 Å². The first-order chi connectivity index (χ1) is 11.5. The zero-order chi connectivity index (χ0) is 17.3. The van der Waals surface area contributed by atoms with Gasteiger partial charge in [0.15, 0.2) is 0 Å². The Kier molecular flexibility index (Phi) is 5.61. The Balaban J connectivity index is 1.71. The number of nitrogens with zero attached hydrogens (tertiary/aromatic N) is 3. The molecule has 3 heterocycles. The molecule has 0 bridgehead atoms. The Morgan fingerprint density at radius 2 is 1.88 bits per heavy atom. The van der Waals surface area contributed by atoms with Crippen molar-refractivity contribution in [2.24, 2.45) is 0 Å². The molecule has 0 aliphatic carbocycles. The minimum atomic E-state index is -0.388. The van der Waals surface area contributed by atoms with Gasteiger partial charge in [0.25, 0.3) is 0 Å². The third kappa shape index (κ3) is 3.52. The van der Waals surface area contributed by atoms with Crippen LogP contribution in [0.5, 0.6) is 0 Å². The molecule has 1 unspecified atom stereocenters.